The molecule has 1 aromatic carbocycles. The molecule has 14 heavy (non-hydrogen) atoms. The lowest BCUT2D eigenvalue weighted by atomic mass is 10.2. The van der Waals surface area contributed by atoms with Gasteiger partial charge in [-0.3, -0.25) is 4.79 Å². The molecule has 1 rings (SSSR count). The summed E-state index contributed by atoms with van der Waals surface area (Å²) in [6, 6.07) is 8.52. The van der Waals surface area contributed by atoms with Crippen LogP contribution in [0.4, 0.5) is 0 Å². The molecule has 0 spiro atoms. The zero-order valence-corrected chi connectivity index (χ0v) is 7.56. The Hall–Kier alpha value is -2.02. The Morgan fingerprint density at radius 1 is 1.57 bits per heavy atom. The molecule has 0 aliphatic heterocycles. The summed E-state index contributed by atoms with van der Waals surface area (Å²) in [6.07, 6.45) is 0.320. The summed E-state index contributed by atoms with van der Waals surface area (Å²) in [5, 5.41) is 8.28. The van der Waals surface area contributed by atoms with Crippen molar-refractivity contribution in [1.82, 2.24) is 0 Å². The van der Waals surface area contributed by atoms with E-state index in [1.54, 1.807) is 24.3 Å². The maximum Gasteiger partial charge on any atom is 0.248 e. The second-order valence-corrected chi connectivity index (χ2v) is 2.65. The molecular weight excluding hydrogens is 180 g/mol. The van der Waals surface area contributed by atoms with E-state index in [4.69, 9.17) is 15.7 Å². The zero-order chi connectivity index (χ0) is 10.4. The highest BCUT2D eigenvalue weighted by molar-refractivity contribution is 5.93. The molecule has 0 saturated heterocycles. The number of nitrogens with zero attached hydrogens (tertiary/aromatic N) is 1. The maximum absolute atomic E-state index is 10.8. The first-order valence-electron chi connectivity index (χ1n) is 4.13. The van der Waals surface area contributed by atoms with Crippen LogP contribution in [0.15, 0.2) is 24.3 Å². The van der Waals surface area contributed by atoms with Gasteiger partial charge in [-0.05, 0) is 18.2 Å². The Bertz CT molecular complexity index is 369. The predicted octanol–water partition coefficient (Wildman–Crippen LogP) is 1.08. The molecule has 0 aliphatic carbocycles. The Morgan fingerprint density at radius 2 is 2.36 bits per heavy atom. The van der Waals surface area contributed by atoms with Gasteiger partial charge in [-0.2, -0.15) is 5.26 Å². The number of primary amides is 1. The van der Waals surface area contributed by atoms with Gasteiger partial charge in [-0.25, -0.2) is 0 Å². The van der Waals surface area contributed by atoms with Gasteiger partial charge in [0, 0.05) is 5.56 Å². The summed E-state index contributed by atoms with van der Waals surface area (Å²) in [6.45, 7) is 0.318. The van der Waals surface area contributed by atoms with Gasteiger partial charge in [0.15, 0.2) is 0 Å². The molecule has 1 amide bonds. The van der Waals surface area contributed by atoms with Crippen LogP contribution in [0.3, 0.4) is 0 Å². The van der Waals surface area contributed by atoms with Gasteiger partial charge >= 0.3 is 0 Å². The van der Waals surface area contributed by atoms with Gasteiger partial charge in [0.2, 0.25) is 5.91 Å². The second-order valence-electron chi connectivity index (χ2n) is 2.65. The number of carbonyl (C=O) groups is 1. The summed E-state index contributed by atoms with van der Waals surface area (Å²) in [4.78, 5) is 10.8. The van der Waals surface area contributed by atoms with Crippen LogP contribution in [0.2, 0.25) is 0 Å². The van der Waals surface area contributed by atoms with E-state index in [9.17, 15) is 4.79 Å². The number of ether oxygens (including phenoxy) is 1. The van der Waals surface area contributed by atoms with Gasteiger partial charge in [-0.1, -0.05) is 6.07 Å². The van der Waals surface area contributed by atoms with Crippen LogP contribution in [0.25, 0.3) is 0 Å². The molecule has 1 aromatic rings. The van der Waals surface area contributed by atoms with E-state index in [2.05, 4.69) is 0 Å². The van der Waals surface area contributed by atoms with Gasteiger partial charge in [0.1, 0.15) is 12.4 Å². The Morgan fingerprint density at radius 3 is 3.00 bits per heavy atom. The average molecular weight is 190 g/mol. The van der Waals surface area contributed by atoms with Crippen molar-refractivity contribution in [2.24, 2.45) is 5.73 Å². The van der Waals surface area contributed by atoms with E-state index in [0.717, 1.165) is 0 Å². The number of amides is 1. The summed E-state index contributed by atoms with van der Waals surface area (Å²) in [5.74, 6) is 0.0623. The molecule has 0 bridgehead atoms. The molecule has 0 atom stereocenters. The molecule has 0 aliphatic rings. The van der Waals surface area contributed by atoms with Crippen LogP contribution in [-0.2, 0) is 0 Å². The highest BCUT2D eigenvalue weighted by Gasteiger charge is 2.01. The van der Waals surface area contributed by atoms with Crippen LogP contribution in [0.5, 0.6) is 5.75 Å². The molecule has 4 heteroatoms. The molecule has 0 radical (unpaired) electrons. The van der Waals surface area contributed by atoms with Crippen molar-refractivity contribution in [1.29, 1.82) is 5.26 Å². The van der Waals surface area contributed by atoms with Crippen molar-refractivity contribution in [2.45, 2.75) is 6.42 Å². The summed E-state index contributed by atoms with van der Waals surface area (Å²) in [7, 11) is 0. The van der Waals surface area contributed by atoms with Crippen molar-refractivity contribution >= 4 is 5.91 Å². The van der Waals surface area contributed by atoms with Crippen molar-refractivity contribution in [2.75, 3.05) is 6.61 Å². The van der Waals surface area contributed by atoms with Crippen LogP contribution >= 0.6 is 0 Å². The average Bonchev–Trinajstić information content (AvgIpc) is 2.19. The number of nitriles is 1. The highest BCUT2D eigenvalue weighted by Crippen LogP contribution is 2.12. The number of benzene rings is 1. The van der Waals surface area contributed by atoms with Crippen LogP contribution in [0, 0.1) is 11.3 Å². The monoisotopic (exact) mass is 190 g/mol. The first-order chi connectivity index (χ1) is 6.74. The van der Waals surface area contributed by atoms with E-state index < -0.39 is 5.91 Å². The fourth-order valence-electron chi connectivity index (χ4n) is 0.954. The topological polar surface area (TPSA) is 76.1 Å². The van der Waals surface area contributed by atoms with Crippen molar-refractivity contribution in [3.63, 3.8) is 0 Å². The molecule has 0 aromatic heterocycles. The van der Waals surface area contributed by atoms with Gasteiger partial charge < -0.3 is 10.5 Å². The standard InChI is InChI=1S/C10H10N2O2/c11-5-2-6-14-9-4-1-3-8(7-9)10(12)13/h1,3-4,7H,2,6H2,(H2,12,13). The Kier molecular flexibility index (Phi) is 3.50. The van der Waals surface area contributed by atoms with Crippen LogP contribution in [-0.4, -0.2) is 12.5 Å². The molecule has 0 fully saturated rings. The minimum Gasteiger partial charge on any atom is -0.492 e. The van der Waals surface area contributed by atoms with E-state index in [1.807, 2.05) is 6.07 Å². The maximum atomic E-state index is 10.8. The third-order valence-corrected chi connectivity index (χ3v) is 1.60. The van der Waals surface area contributed by atoms with Gasteiger partial charge in [-0.15, -0.1) is 0 Å². The number of hydrogen-bond donors (Lipinski definition) is 1. The Balaban J connectivity index is 2.65. The molecule has 0 heterocycles. The highest BCUT2D eigenvalue weighted by atomic mass is 16.5. The van der Waals surface area contributed by atoms with Crippen molar-refractivity contribution in [3.05, 3.63) is 29.8 Å². The molecule has 4 nitrogen and oxygen atoms in total. The SMILES string of the molecule is N#CCCOc1cccc(C(N)=O)c1. The van der Waals surface area contributed by atoms with E-state index in [-0.39, 0.29) is 0 Å². The predicted molar refractivity (Wildman–Crippen MR) is 50.7 cm³/mol. The number of nitrogens with two attached hydrogens (primary N) is 1. The molecule has 0 unspecified atom stereocenters. The van der Waals surface area contributed by atoms with Crippen molar-refractivity contribution < 1.29 is 9.53 Å². The molecule has 0 saturated carbocycles. The summed E-state index contributed by atoms with van der Waals surface area (Å²) in [5.41, 5.74) is 5.49. The Labute approximate surface area is 81.9 Å². The quantitative estimate of drug-likeness (QED) is 0.721. The van der Waals surface area contributed by atoms with E-state index in [1.165, 1.54) is 0 Å². The normalized spacial score (nSPS) is 9.07. The molecule has 2 N–H and O–H groups in total. The van der Waals surface area contributed by atoms with Gasteiger partial charge in [0.05, 0.1) is 12.5 Å². The fraction of sp³-hybridized carbons (Fsp3) is 0.200. The van der Waals surface area contributed by atoms with E-state index in [0.29, 0.717) is 24.3 Å². The summed E-state index contributed by atoms with van der Waals surface area (Å²) >= 11 is 0. The molecular formula is C10H10N2O2. The number of hydrogen-bond acceptors (Lipinski definition) is 3. The largest absolute Gasteiger partial charge is 0.492 e. The third-order valence-electron chi connectivity index (χ3n) is 1.60. The second kappa shape index (κ2) is 4.87. The number of rotatable bonds is 4. The first-order valence-corrected chi connectivity index (χ1v) is 4.13. The number of carbonyl (C=O) groups excluding carboxylic acids is 1. The minimum absolute atomic E-state index is 0.318. The molecule has 72 valence electrons. The third kappa shape index (κ3) is 2.79. The van der Waals surface area contributed by atoms with Crippen LogP contribution < -0.4 is 10.5 Å². The first kappa shape index (κ1) is 10.1. The summed E-state index contributed by atoms with van der Waals surface area (Å²) < 4.78 is 5.21. The van der Waals surface area contributed by atoms with Crippen LogP contribution in [0.1, 0.15) is 16.8 Å². The van der Waals surface area contributed by atoms with E-state index >= 15 is 0 Å². The smallest absolute Gasteiger partial charge is 0.248 e. The fourth-order valence-corrected chi connectivity index (χ4v) is 0.954. The van der Waals surface area contributed by atoms with Gasteiger partial charge in [0.25, 0.3) is 0 Å². The lowest BCUT2D eigenvalue weighted by Gasteiger charge is -2.04. The lowest BCUT2D eigenvalue weighted by molar-refractivity contribution is 0.1000. The zero-order valence-electron chi connectivity index (χ0n) is 7.56. The van der Waals surface area contributed by atoms with Crippen molar-refractivity contribution in [3.8, 4) is 11.8 Å². The lowest BCUT2D eigenvalue weighted by Crippen LogP contribution is -2.10. The minimum atomic E-state index is -0.490.